The van der Waals surface area contributed by atoms with Gasteiger partial charge in [0.25, 0.3) is 0 Å². The average Bonchev–Trinajstić information content (AvgIpc) is 2.52. The van der Waals surface area contributed by atoms with Crippen LogP contribution in [0.15, 0.2) is 18.2 Å². The molecule has 1 heteroatoms. The molecule has 1 aromatic carbocycles. The van der Waals surface area contributed by atoms with Crippen LogP contribution in [0.25, 0.3) is 0 Å². The van der Waals surface area contributed by atoms with Crippen molar-refractivity contribution in [2.75, 3.05) is 0 Å². The van der Waals surface area contributed by atoms with Gasteiger partial charge in [0, 0.05) is 0 Å². The molecule has 1 aromatic rings. The summed E-state index contributed by atoms with van der Waals surface area (Å²) >= 11 is 0. The molecule has 0 nitrogen and oxygen atoms in total. The van der Waals surface area contributed by atoms with Gasteiger partial charge in [0.15, 0.2) is 0 Å². The summed E-state index contributed by atoms with van der Waals surface area (Å²) < 4.78 is 14.6. The second-order valence-electron chi connectivity index (χ2n) is 8.38. The highest BCUT2D eigenvalue weighted by molar-refractivity contribution is 5.31. The van der Waals surface area contributed by atoms with Crippen molar-refractivity contribution in [3.63, 3.8) is 0 Å². The van der Waals surface area contributed by atoms with Gasteiger partial charge in [0.05, 0.1) is 0 Å². The zero-order chi connectivity index (χ0) is 18.0. The summed E-state index contributed by atoms with van der Waals surface area (Å²) in [6.07, 6.45) is 12.8. The zero-order valence-electron chi connectivity index (χ0n) is 16.8. The molecule has 0 amide bonds. The van der Waals surface area contributed by atoms with Gasteiger partial charge in [-0.15, -0.1) is 0 Å². The minimum absolute atomic E-state index is 0.0212. The van der Waals surface area contributed by atoms with Crippen molar-refractivity contribution >= 4 is 0 Å². The average molecular weight is 335 g/mol. The molecule has 0 saturated heterocycles. The Morgan fingerprint density at radius 3 is 1.79 bits per heavy atom. The standard InChI is InChI=1S/C23H39F/c1-6-8-10-12-14-19(15-13-11-9-7-2)20-16-17-21(22(24)18-20)23(3,4)5/h16-19H,6-15H2,1-5H3. The van der Waals surface area contributed by atoms with E-state index in [9.17, 15) is 4.39 Å². The number of hydrogen-bond acceptors (Lipinski definition) is 0. The third-order valence-corrected chi connectivity index (χ3v) is 5.08. The van der Waals surface area contributed by atoms with Gasteiger partial charge < -0.3 is 0 Å². The van der Waals surface area contributed by atoms with Gasteiger partial charge >= 0.3 is 0 Å². The van der Waals surface area contributed by atoms with Gasteiger partial charge in [-0.2, -0.15) is 0 Å². The first-order chi connectivity index (χ1) is 11.4. The normalized spacial score (nSPS) is 12.1. The highest BCUT2D eigenvalue weighted by Crippen LogP contribution is 2.32. The van der Waals surface area contributed by atoms with Crippen molar-refractivity contribution in [1.29, 1.82) is 0 Å². The van der Waals surface area contributed by atoms with Crippen molar-refractivity contribution in [3.8, 4) is 0 Å². The molecule has 0 atom stereocenters. The van der Waals surface area contributed by atoms with Gasteiger partial charge in [-0.3, -0.25) is 0 Å². The molecule has 0 aliphatic rings. The minimum atomic E-state index is -0.125. The largest absolute Gasteiger partial charge is 0.207 e. The van der Waals surface area contributed by atoms with E-state index in [2.05, 4.69) is 40.7 Å². The summed E-state index contributed by atoms with van der Waals surface area (Å²) in [6, 6.07) is 6.04. The highest BCUT2D eigenvalue weighted by atomic mass is 19.1. The lowest BCUT2D eigenvalue weighted by Crippen LogP contribution is -2.14. The molecule has 0 N–H and O–H groups in total. The second kappa shape index (κ2) is 10.9. The maximum Gasteiger partial charge on any atom is 0.127 e. The molecular formula is C23H39F. The fourth-order valence-electron chi connectivity index (χ4n) is 3.51. The quantitative estimate of drug-likeness (QED) is 0.358. The number of unbranched alkanes of at least 4 members (excludes halogenated alkanes) is 6. The Labute approximate surface area is 150 Å². The Morgan fingerprint density at radius 1 is 0.833 bits per heavy atom. The third-order valence-electron chi connectivity index (χ3n) is 5.08. The SMILES string of the molecule is CCCCCCC(CCCCCC)c1ccc(C(C)(C)C)c(F)c1. The van der Waals surface area contributed by atoms with E-state index >= 15 is 0 Å². The van der Waals surface area contributed by atoms with Crippen LogP contribution in [0.2, 0.25) is 0 Å². The Kier molecular flexibility index (Phi) is 9.63. The van der Waals surface area contributed by atoms with Gasteiger partial charge in [-0.25, -0.2) is 4.39 Å². The van der Waals surface area contributed by atoms with E-state index in [-0.39, 0.29) is 11.2 Å². The van der Waals surface area contributed by atoms with Gasteiger partial charge in [0.2, 0.25) is 0 Å². The zero-order valence-corrected chi connectivity index (χ0v) is 16.8. The molecule has 0 radical (unpaired) electrons. The Morgan fingerprint density at radius 2 is 1.38 bits per heavy atom. The van der Waals surface area contributed by atoms with Crippen LogP contribution in [0.3, 0.4) is 0 Å². The van der Waals surface area contributed by atoms with E-state index in [0.29, 0.717) is 5.92 Å². The van der Waals surface area contributed by atoms with Crippen molar-refractivity contribution in [1.82, 2.24) is 0 Å². The fourth-order valence-corrected chi connectivity index (χ4v) is 3.51. The maximum absolute atomic E-state index is 14.6. The van der Waals surface area contributed by atoms with Gasteiger partial charge in [-0.1, -0.05) is 98.1 Å². The van der Waals surface area contributed by atoms with Crippen LogP contribution < -0.4 is 0 Å². The smallest absolute Gasteiger partial charge is 0.127 e. The summed E-state index contributed by atoms with van der Waals surface area (Å²) in [5.41, 5.74) is 1.93. The molecule has 0 aromatic heterocycles. The summed E-state index contributed by atoms with van der Waals surface area (Å²) in [4.78, 5) is 0. The van der Waals surface area contributed by atoms with Crippen LogP contribution in [-0.4, -0.2) is 0 Å². The van der Waals surface area contributed by atoms with Crippen molar-refractivity contribution in [2.24, 2.45) is 0 Å². The molecule has 0 bridgehead atoms. The van der Waals surface area contributed by atoms with Crippen LogP contribution in [0.4, 0.5) is 4.39 Å². The van der Waals surface area contributed by atoms with E-state index in [1.165, 1.54) is 69.8 Å². The molecule has 24 heavy (non-hydrogen) atoms. The number of halogens is 1. The lowest BCUT2D eigenvalue weighted by atomic mass is 9.83. The molecule has 0 spiro atoms. The van der Waals surface area contributed by atoms with Crippen molar-refractivity contribution in [3.05, 3.63) is 35.1 Å². The third kappa shape index (κ3) is 7.36. The van der Waals surface area contributed by atoms with Crippen LogP contribution in [0.1, 0.15) is 116 Å². The summed E-state index contributed by atoms with van der Waals surface area (Å²) in [5.74, 6) is 0.509. The summed E-state index contributed by atoms with van der Waals surface area (Å²) in [6.45, 7) is 10.7. The number of rotatable bonds is 11. The predicted molar refractivity (Wildman–Crippen MR) is 105 cm³/mol. The van der Waals surface area contributed by atoms with Crippen LogP contribution in [-0.2, 0) is 5.41 Å². The molecule has 0 aliphatic heterocycles. The van der Waals surface area contributed by atoms with E-state index in [1.807, 2.05) is 12.1 Å². The van der Waals surface area contributed by atoms with Crippen molar-refractivity contribution < 1.29 is 4.39 Å². The highest BCUT2D eigenvalue weighted by Gasteiger charge is 2.20. The summed E-state index contributed by atoms with van der Waals surface area (Å²) in [5, 5.41) is 0. The Hall–Kier alpha value is -0.850. The lowest BCUT2D eigenvalue weighted by Gasteiger charge is -2.23. The topological polar surface area (TPSA) is 0 Å². The minimum Gasteiger partial charge on any atom is -0.207 e. The lowest BCUT2D eigenvalue weighted by molar-refractivity contribution is 0.488. The summed E-state index contributed by atoms with van der Waals surface area (Å²) in [7, 11) is 0. The monoisotopic (exact) mass is 334 g/mol. The number of benzene rings is 1. The van der Waals surface area contributed by atoms with Crippen LogP contribution in [0.5, 0.6) is 0 Å². The van der Waals surface area contributed by atoms with E-state index in [1.54, 1.807) is 0 Å². The fraction of sp³-hybridized carbons (Fsp3) is 0.739. The van der Waals surface area contributed by atoms with Crippen LogP contribution >= 0.6 is 0 Å². The first kappa shape index (κ1) is 21.2. The van der Waals surface area contributed by atoms with Crippen LogP contribution in [0, 0.1) is 5.82 Å². The molecule has 0 saturated carbocycles. The van der Waals surface area contributed by atoms with E-state index < -0.39 is 0 Å². The molecule has 0 fully saturated rings. The Balaban J connectivity index is 2.78. The van der Waals surface area contributed by atoms with E-state index in [0.717, 1.165) is 5.56 Å². The first-order valence-electron chi connectivity index (χ1n) is 10.2. The Bertz CT molecular complexity index is 444. The van der Waals surface area contributed by atoms with E-state index in [4.69, 9.17) is 0 Å². The van der Waals surface area contributed by atoms with Gasteiger partial charge in [-0.05, 0) is 41.4 Å². The molecule has 0 heterocycles. The second-order valence-corrected chi connectivity index (χ2v) is 8.38. The molecule has 1 rings (SSSR count). The molecule has 0 unspecified atom stereocenters. The maximum atomic E-state index is 14.6. The first-order valence-corrected chi connectivity index (χ1v) is 10.2. The molecule has 138 valence electrons. The predicted octanol–water partition coefficient (Wildman–Crippen LogP) is 8.15. The molecular weight excluding hydrogens is 295 g/mol. The van der Waals surface area contributed by atoms with Crippen molar-refractivity contribution in [2.45, 2.75) is 110 Å². The van der Waals surface area contributed by atoms with Gasteiger partial charge in [0.1, 0.15) is 5.82 Å². The number of hydrogen-bond donors (Lipinski definition) is 0. The molecule has 0 aliphatic carbocycles.